The van der Waals surface area contributed by atoms with E-state index >= 15 is 0 Å². The molecule has 3 N–H and O–H groups in total. The van der Waals surface area contributed by atoms with Crippen LogP contribution in [0.1, 0.15) is 25.0 Å². The van der Waals surface area contributed by atoms with Crippen molar-refractivity contribution in [3.05, 3.63) is 35.4 Å². The van der Waals surface area contributed by atoms with Crippen molar-refractivity contribution in [1.82, 2.24) is 5.32 Å². The number of nitrogens with one attached hydrogen (secondary N) is 1. The van der Waals surface area contributed by atoms with E-state index in [2.05, 4.69) is 5.32 Å². The van der Waals surface area contributed by atoms with Gasteiger partial charge in [0.05, 0.1) is 6.61 Å². The molecule has 0 aliphatic heterocycles. The van der Waals surface area contributed by atoms with E-state index in [4.69, 9.17) is 10.5 Å². The summed E-state index contributed by atoms with van der Waals surface area (Å²) >= 11 is 0. The van der Waals surface area contributed by atoms with Crippen molar-refractivity contribution in [3.8, 4) is 0 Å². The third-order valence-corrected chi connectivity index (χ3v) is 3.07. The van der Waals surface area contributed by atoms with Crippen LogP contribution in [0.25, 0.3) is 0 Å². The molecular weight excluding hydrogens is 228 g/mol. The van der Waals surface area contributed by atoms with Gasteiger partial charge in [-0.05, 0) is 18.1 Å². The number of carbonyl (C=O) groups excluding carboxylic acids is 1. The summed E-state index contributed by atoms with van der Waals surface area (Å²) in [7, 11) is 1.66. The van der Waals surface area contributed by atoms with E-state index in [1.807, 2.05) is 38.1 Å². The third kappa shape index (κ3) is 4.13. The van der Waals surface area contributed by atoms with Crippen LogP contribution in [0.15, 0.2) is 24.3 Å². The minimum Gasteiger partial charge on any atom is -0.380 e. The van der Waals surface area contributed by atoms with Gasteiger partial charge in [0.2, 0.25) is 5.91 Å². The van der Waals surface area contributed by atoms with Crippen LogP contribution in [0.3, 0.4) is 0 Å². The maximum absolute atomic E-state index is 11.8. The van der Waals surface area contributed by atoms with Crippen LogP contribution < -0.4 is 11.1 Å². The van der Waals surface area contributed by atoms with E-state index in [0.29, 0.717) is 13.2 Å². The van der Waals surface area contributed by atoms with Gasteiger partial charge in [0.1, 0.15) is 0 Å². The van der Waals surface area contributed by atoms with Crippen LogP contribution in [0.5, 0.6) is 0 Å². The SMILES string of the molecule is COCc1ccccc1CNC(=O)C(C)C(C)N. The lowest BCUT2D eigenvalue weighted by Crippen LogP contribution is -2.38. The minimum absolute atomic E-state index is 0.0165. The number of hydrogen-bond donors (Lipinski definition) is 2. The Morgan fingerprint density at radius 3 is 2.50 bits per heavy atom. The number of hydrogen-bond acceptors (Lipinski definition) is 3. The molecule has 0 bridgehead atoms. The van der Waals surface area contributed by atoms with Crippen molar-refractivity contribution in [1.29, 1.82) is 0 Å². The van der Waals surface area contributed by atoms with Gasteiger partial charge < -0.3 is 15.8 Å². The molecule has 2 atom stereocenters. The largest absolute Gasteiger partial charge is 0.380 e. The molecule has 1 aromatic rings. The Hall–Kier alpha value is -1.39. The van der Waals surface area contributed by atoms with Crippen LogP contribution in [0.4, 0.5) is 0 Å². The molecule has 0 aromatic heterocycles. The molecular formula is C14H22N2O2. The fraction of sp³-hybridized carbons (Fsp3) is 0.500. The Morgan fingerprint density at radius 1 is 1.33 bits per heavy atom. The van der Waals surface area contributed by atoms with Crippen LogP contribution in [0.2, 0.25) is 0 Å². The van der Waals surface area contributed by atoms with Crippen LogP contribution in [-0.4, -0.2) is 19.1 Å². The Bertz CT molecular complexity index is 391. The summed E-state index contributed by atoms with van der Waals surface area (Å²) in [5, 5.41) is 2.90. The summed E-state index contributed by atoms with van der Waals surface area (Å²) in [5.41, 5.74) is 7.87. The summed E-state index contributed by atoms with van der Waals surface area (Å²) in [5.74, 6) is -0.197. The van der Waals surface area contributed by atoms with Crippen molar-refractivity contribution in [2.24, 2.45) is 11.7 Å². The second-order valence-electron chi connectivity index (χ2n) is 4.57. The maximum Gasteiger partial charge on any atom is 0.224 e. The van der Waals surface area contributed by atoms with Gasteiger partial charge in [-0.2, -0.15) is 0 Å². The number of benzene rings is 1. The molecule has 0 aliphatic carbocycles. The number of methoxy groups -OCH3 is 1. The lowest BCUT2D eigenvalue weighted by atomic mass is 10.0. The molecule has 4 nitrogen and oxygen atoms in total. The van der Waals surface area contributed by atoms with Gasteiger partial charge in [-0.25, -0.2) is 0 Å². The molecule has 1 aromatic carbocycles. The van der Waals surface area contributed by atoms with Gasteiger partial charge in [-0.1, -0.05) is 31.2 Å². The molecule has 1 rings (SSSR count). The molecule has 0 saturated heterocycles. The van der Waals surface area contributed by atoms with Crippen LogP contribution in [0, 0.1) is 5.92 Å². The van der Waals surface area contributed by atoms with Gasteiger partial charge in [0.15, 0.2) is 0 Å². The lowest BCUT2D eigenvalue weighted by molar-refractivity contribution is -0.125. The van der Waals surface area contributed by atoms with Gasteiger partial charge in [-0.15, -0.1) is 0 Å². The molecule has 0 spiro atoms. The zero-order valence-corrected chi connectivity index (χ0v) is 11.3. The summed E-state index contributed by atoms with van der Waals surface area (Å²) < 4.78 is 5.13. The quantitative estimate of drug-likeness (QED) is 0.803. The zero-order valence-electron chi connectivity index (χ0n) is 11.3. The molecule has 2 unspecified atom stereocenters. The van der Waals surface area contributed by atoms with Gasteiger partial charge in [-0.3, -0.25) is 4.79 Å². The van der Waals surface area contributed by atoms with E-state index in [1.54, 1.807) is 7.11 Å². The maximum atomic E-state index is 11.8. The first kappa shape index (κ1) is 14.7. The molecule has 0 heterocycles. The molecule has 0 aliphatic rings. The molecule has 0 radical (unpaired) electrons. The van der Waals surface area contributed by atoms with Crippen molar-refractivity contribution < 1.29 is 9.53 Å². The molecule has 4 heteroatoms. The van der Waals surface area contributed by atoms with Crippen LogP contribution >= 0.6 is 0 Å². The highest BCUT2D eigenvalue weighted by Gasteiger charge is 2.16. The highest BCUT2D eigenvalue weighted by Crippen LogP contribution is 2.10. The molecule has 0 saturated carbocycles. The molecule has 0 fully saturated rings. The number of nitrogens with two attached hydrogens (primary N) is 1. The highest BCUT2D eigenvalue weighted by molar-refractivity contribution is 5.78. The Labute approximate surface area is 109 Å². The predicted octanol–water partition coefficient (Wildman–Crippen LogP) is 1.43. The fourth-order valence-electron chi connectivity index (χ4n) is 1.61. The zero-order chi connectivity index (χ0) is 13.5. The Kier molecular flexibility index (Phi) is 5.82. The standard InChI is InChI=1S/C14H22N2O2/c1-10(11(2)15)14(17)16-8-12-6-4-5-7-13(12)9-18-3/h4-7,10-11H,8-9,15H2,1-3H3,(H,16,17). The third-order valence-electron chi connectivity index (χ3n) is 3.07. The number of amides is 1. The van der Waals surface area contributed by atoms with Crippen molar-refractivity contribution >= 4 is 5.91 Å². The smallest absolute Gasteiger partial charge is 0.224 e. The summed E-state index contributed by atoms with van der Waals surface area (Å²) in [6, 6.07) is 7.77. The first-order valence-corrected chi connectivity index (χ1v) is 6.15. The van der Waals surface area contributed by atoms with E-state index < -0.39 is 0 Å². The first-order valence-electron chi connectivity index (χ1n) is 6.15. The van der Waals surface area contributed by atoms with E-state index in [1.165, 1.54) is 0 Å². The van der Waals surface area contributed by atoms with Crippen molar-refractivity contribution in [2.45, 2.75) is 33.0 Å². The molecule has 18 heavy (non-hydrogen) atoms. The lowest BCUT2D eigenvalue weighted by Gasteiger charge is -2.16. The van der Waals surface area contributed by atoms with Crippen molar-refractivity contribution in [3.63, 3.8) is 0 Å². The summed E-state index contributed by atoms with van der Waals surface area (Å²) in [4.78, 5) is 11.8. The number of ether oxygens (including phenoxy) is 1. The second-order valence-corrected chi connectivity index (χ2v) is 4.57. The Balaban J connectivity index is 2.60. The van der Waals surface area contributed by atoms with E-state index in [0.717, 1.165) is 11.1 Å². The van der Waals surface area contributed by atoms with E-state index in [9.17, 15) is 4.79 Å². The van der Waals surface area contributed by atoms with E-state index in [-0.39, 0.29) is 17.9 Å². The van der Waals surface area contributed by atoms with Crippen molar-refractivity contribution in [2.75, 3.05) is 7.11 Å². The fourth-order valence-corrected chi connectivity index (χ4v) is 1.61. The minimum atomic E-state index is -0.181. The second kappa shape index (κ2) is 7.13. The summed E-state index contributed by atoms with van der Waals surface area (Å²) in [6.07, 6.45) is 0. The highest BCUT2D eigenvalue weighted by atomic mass is 16.5. The number of rotatable bonds is 6. The molecule has 100 valence electrons. The normalized spacial score (nSPS) is 14.0. The predicted molar refractivity (Wildman–Crippen MR) is 71.8 cm³/mol. The van der Waals surface area contributed by atoms with Gasteiger partial charge in [0.25, 0.3) is 0 Å². The topological polar surface area (TPSA) is 64.3 Å². The monoisotopic (exact) mass is 250 g/mol. The van der Waals surface area contributed by atoms with Gasteiger partial charge >= 0.3 is 0 Å². The Morgan fingerprint density at radius 2 is 1.94 bits per heavy atom. The van der Waals surface area contributed by atoms with Crippen LogP contribution in [-0.2, 0) is 22.7 Å². The summed E-state index contributed by atoms with van der Waals surface area (Å²) in [6.45, 7) is 4.73. The first-order chi connectivity index (χ1) is 8.56. The van der Waals surface area contributed by atoms with Gasteiger partial charge in [0, 0.05) is 25.6 Å². The average Bonchev–Trinajstić information content (AvgIpc) is 2.36. The number of carbonyl (C=O) groups is 1. The average molecular weight is 250 g/mol. The molecule has 1 amide bonds.